The van der Waals surface area contributed by atoms with Crippen molar-refractivity contribution in [3.8, 4) is 0 Å². The molecule has 0 saturated carbocycles. The Balaban J connectivity index is 1.48. The first-order valence-electron chi connectivity index (χ1n) is 10.3. The van der Waals surface area contributed by atoms with Gasteiger partial charge in [-0.3, -0.25) is 0 Å². The van der Waals surface area contributed by atoms with Crippen molar-refractivity contribution in [2.75, 3.05) is 41.3 Å². The van der Waals surface area contributed by atoms with E-state index in [9.17, 15) is 0 Å². The number of anilines is 4. The maximum absolute atomic E-state index is 4.79. The minimum absolute atomic E-state index is 0.645. The van der Waals surface area contributed by atoms with E-state index in [1.54, 1.807) is 12.4 Å². The average Bonchev–Trinajstić information content (AvgIpc) is 2.80. The predicted molar refractivity (Wildman–Crippen MR) is 117 cm³/mol. The predicted octanol–water partition coefficient (Wildman–Crippen LogP) is 3.46. The van der Waals surface area contributed by atoms with Gasteiger partial charge < -0.3 is 15.1 Å². The quantitative estimate of drug-likeness (QED) is 0.692. The van der Waals surface area contributed by atoms with Gasteiger partial charge in [0.15, 0.2) is 0 Å². The van der Waals surface area contributed by atoms with E-state index in [1.807, 2.05) is 18.3 Å². The summed E-state index contributed by atoms with van der Waals surface area (Å²) >= 11 is 0. The lowest BCUT2D eigenvalue weighted by Crippen LogP contribution is -2.47. The monoisotopic (exact) mass is 389 g/mol. The minimum atomic E-state index is 0.645. The lowest BCUT2D eigenvalue weighted by atomic mass is 10.0. The summed E-state index contributed by atoms with van der Waals surface area (Å²) in [7, 11) is 0. The summed E-state index contributed by atoms with van der Waals surface area (Å²) < 4.78 is 0. The molecule has 0 bridgehead atoms. The highest BCUT2D eigenvalue weighted by Gasteiger charge is 2.20. The molecule has 1 N–H and O–H groups in total. The molecule has 0 radical (unpaired) electrons. The second-order valence-electron chi connectivity index (χ2n) is 7.04. The number of nitrogens with one attached hydrogen (secondary N) is 1. The molecule has 4 rings (SSSR count). The number of benzene rings is 1. The van der Waals surface area contributed by atoms with Crippen LogP contribution < -0.4 is 15.1 Å². The van der Waals surface area contributed by atoms with Crippen molar-refractivity contribution >= 4 is 23.4 Å². The summed E-state index contributed by atoms with van der Waals surface area (Å²) in [5.74, 6) is 2.38. The molecule has 1 fully saturated rings. The molecule has 3 heterocycles. The van der Waals surface area contributed by atoms with Gasteiger partial charge in [0.05, 0.1) is 0 Å². The maximum atomic E-state index is 4.79. The number of para-hydroxylation sites is 1. The molecule has 1 aromatic carbocycles. The van der Waals surface area contributed by atoms with Crippen LogP contribution in [0.5, 0.6) is 0 Å². The molecule has 0 aliphatic carbocycles. The first kappa shape index (κ1) is 19.1. The Hall–Kier alpha value is -3.22. The van der Waals surface area contributed by atoms with Gasteiger partial charge >= 0.3 is 0 Å². The van der Waals surface area contributed by atoms with Gasteiger partial charge in [-0.2, -0.15) is 4.98 Å². The Labute approximate surface area is 171 Å². The third kappa shape index (κ3) is 4.29. The van der Waals surface area contributed by atoms with Gasteiger partial charge in [-0.1, -0.05) is 32.0 Å². The number of aryl methyl sites for hydroxylation is 2. The zero-order chi connectivity index (χ0) is 20.1. The van der Waals surface area contributed by atoms with Gasteiger partial charge in [-0.15, -0.1) is 0 Å². The largest absolute Gasteiger partial charge is 0.353 e. The van der Waals surface area contributed by atoms with Crippen LogP contribution in [0.1, 0.15) is 25.0 Å². The lowest BCUT2D eigenvalue weighted by Gasteiger charge is -2.35. The molecule has 29 heavy (non-hydrogen) atoms. The van der Waals surface area contributed by atoms with Crippen molar-refractivity contribution in [2.24, 2.45) is 0 Å². The fourth-order valence-electron chi connectivity index (χ4n) is 3.69. The van der Waals surface area contributed by atoms with E-state index >= 15 is 0 Å². The Morgan fingerprint density at radius 1 is 0.793 bits per heavy atom. The van der Waals surface area contributed by atoms with E-state index in [2.05, 4.69) is 62.1 Å². The van der Waals surface area contributed by atoms with Gasteiger partial charge in [0.2, 0.25) is 11.9 Å². The maximum Gasteiger partial charge on any atom is 0.229 e. The zero-order valence-electron chi connectivity index (χ0n) is 17.0. The number of piperazine rings is 1. The Morgan fingerprint density at radius 2 is 1.45 bits per heavy atom. The van der Waals surface area contributed by atoms with Gasteiger partial charge in [-0.05, 0) is 36.1 Å². The van der Waals surface area contributed by atoms with E-state index in [-0.39, 0.29) is 0 Å². The Kier molecular flexibility index (Phi) is 5.84. The Bertz CT molecular complexity index is 915. The van der Waals surface area contributed by atoms with Crippen LogP contribution in [0, 0.1) is 0 Å². The van der Waals surface area contributed by atoms with E-state index in [0.717, 1.165) is 56.5 Å². The van der Waals surface area contributed by atoms with Crippen LogP contribution in [0.2, 0.25) is 0 Å². The van der Waals surface area contributed by atoms with Crippen LogP contribution in [0.3, 0.4) is 0 Å². The summed E-state index contributed by atoms with van der Waals surface area (Å²) in [5, 5.41) is 3.48. The molecule has 7 nitrogen and oxygen atoms in total. The van der Waals surface area contributed by atoms with Gasteiger partial charge in [0, 0.05) is 50.5 Å². The Morgan fingerprint density at radius 3 is 2.10 bits per heavy atom. The molecular weight excluding hydrogens is 362 g/mol. The number of aromatic nitrogens is 4. The molecule has 7 heteroatoms. The summed E-state index contributed by atoms with van der Waals surface area (Å²) in [4.78, 5) is 22.5. The van der Waals surface area contributed by atoms with Gasteiger partial charge in [0.25, 0.3) is 0 Å². The molecule has 0 atom stereocenters. The normalized spacial score (nSPS) is 14.1. The van der Waals surface area contributed by atoms with Crippen molar-refractivity contribution in [3.63, 3.8) is 0 Å². The molecule has 2 aromatic heterocycles. The highest BCUT2D eigenvalue weighted by atomic mass is 15.3. The highest BCUT2D eigenvalue weighted by molar-refractivity contribution is 5.64. The molecule has 3 aromatic rings. The minimum Gasteiger partial charge on any atom is -0.353 e. The molecule has 1 aliphatic heterocycles. The number of nitrogens with zero attached hydrogens (tertiary/aromatic N) is 6. The van der Waals surface area contributed by atoms with Crippen molar-refractivity contribution < 1.29 is 0 Å². The zero-order valence-corrected chi connectivity index (χ0v) is 17.0. The standard InChI is InChI=1S/C22H27N7/c1-3-17-7-5-8-18(4-2)20(17)27-21-23-12-9-19(26-21)28-13-15-29(16-14-28)22-24-10-6-11-25-22/h5-12H,3-4,13-16H2,1-2H3,(H,23,26,27). The molecular formula is C22H27N7. The van der Waals surface area contributed by atoms with Gasteiger partial charge in [0.1, 0.15) is 5.82 Å². The van der Waals surface area contributed by atoms with E-state index in [4.69, 9.17) is 4.98 Å². The number of hydrogen-bond acceptors (Lipinski definition) is 7. The second kappa shape index (κ2) is 8.86. The highest BCUT2D eigenvalue weighted by Crippen LogP contribution is 2.26. The number of hydrogen-bond donors (Lipinski definition) is 1. The molecule has 0 amide bonds. The summed E-state index contributed by atoms with van der Waals surface area (Å²) in [6.45, 7) is 7.84. The molecule has 150 valence electrons. The van der Waals surface area contributed by atoms with E-state index in [1.165, 1.54) is 11.1 Å². The molecule has 0 spiro atoms. The van der Waals surface area contributed by atoms with Crippen molar-refractivity contribution in [2.45, 2.75) is 26.7 Å². The van der Waals surface area contributed by atoms with Crippen LogP contribution in [-0.4, -0.2) is 46.1 Å². The van der Waals surface area contributed by atoms with Crippen LogP contribution in [0.15, 0.2) is 48.9 Å². The van der Waals surface area contributed by atoms with Crippen molar-refractivity contribution in [1.82, 2.24) is 19.9 Å². The summed E-state index contributed by atoms with van der Waals surface area (Å²) in [6, 6.07) is 10.3. The molecule has 1 saturated heterocycles. The summed E-state index contributed by atoms with van der Waals surface area (Å²) in [5.41, 5.74) is 3.71. The van der Waals surface area contributed by atoms with Crippen LogP contribution in [-0.2, 0) is 12.8 Å². The first-order valence-corrected chi connectivity index (χ1v) is 10.3. The summed E-state index contributed by atoms with van der Waals surface area (Å²) in [6.07, 6.45) is 7.35. The third-order valence-corrected chi connectivity index (χ3v) is 5.32. The van der Waals surface area contributed by atoms with E-state index < -0.39 is 0 Å². The average molecular weight is 390 g/mol. The van der Waals surface area contributed by atoms with Crippen LogP contribution in [0.4, 0.5) is 23.4 Å². The third-order valence-electron chi connectivity index (χ3n) is 5.32. The second-order valence-corrected chi connectivity index (χ2v) is 7.04. The van der Waals surface area contributed by atoms with Crippen molar-refractivity contribution in [1.29, 1.82) is 0 Å². The number of rotatable bonds is 6. The molecule has 0 unspecified atom stereocenters. The van der Waals surface area contributed by atoms with Crippen molar-refractivity contribution in [3.05, 3.63) is 60.0 Å². The SMILES string of the molecule is CCc1cccc(CC)c1Nc1nccc(N2CCN(c3ncccn3)CC2)n1. The smallest absolute Gasteiger partial charge is 0.229 e. The lowest BCUT2D eigenvalue weighted by molar-refractivity contribution is 0.634. The topological polar surface area (TPSA) is 70.1 Å². The first-order chi connectivity index (χ1) is 14.3. The fraction of sp³-hybridized carbons (Fsp3) is 0.364. The van der Waals surface area contributed by atoms with Gasteiger partial charge in [-0.25, -0.2) is 15.0 Å². The van der Waals surface area contributed by atoms with Crippen LogP contribution >= 0.6 is 0 Å². The van der Waals surface area contributed by atoms with E-state index in [0.29, 0.717) is 5.95 Å². The van der Waals surface area contributed by atoms with Crippen LogP contribution in [0.25, 0.3) is 0 Å². The molecule has 1 aliphatic rings. The fourth-order valence-corrected chi connectivity index (χ4v) is 3.69.